The van der Waals surface area contributed by atoms with Gasteiger partial charge in [0, 0.05) is 42.8 Å². The number of hydrogen-bond donors (Lipinski definition) is 0. The maximum atomic E-state index is 13.1. The fourth-order valence-corrected chi connectivity index (χ4v) is 4.59. The number of carbonyl (C=O) groups is 3. The van der Waals surface area contributed by atoms with E-state index in [1.54, 1.807) is 11.1 Å². The van der Waals surface area contributed by atoms with Gasteiger partial charge in [-0.25, -0.2) is 0 Å². The Balaban J connectivity index is 1.60. The number of aromatic nitrogens is 1. The zero-order chi connectivity index (χ0) is 20.4. The third-order valence-electron chi connectivity index (χ3n) is 6.31. The molecule has 2 aromatic rings. The summed E-state index contributed by atoms with van der Waals surface area (Å²) in [5.74, 6) is -0.831. The van der Waals surface area contributed by atoms with Gasteiger partial charge in [-0.2, -0.15) is 0 Å². The van der Waals surface area contributed by atoms with Crippen LogP contribution in [0.4, 0.5) is 0 Å². The van der Waals surface area contributed by atoms with Gasteiger partial charge >= 0.3 is 0 Å². The first kappa shape index (κ1) is 19.7. The Morgan fingerprint density at radius 3 is 2.45 bits per heavy atom. The highest BCUT2D eigenvalue weighted by molar-refractivity contribution is 6.45. The van der Waals surface area contributed by atoms with Crippen molar-refractivity contribution >= 4 is 28.5 Å². The lowest BCUT2D eigenvalue weighted by molar-refractivity contribution is -0.132. The molecule has 1 atom stereocenters. The number of rotatable bonds is 4. The third kappa shape index (κ3) is 3.93. The van der Waals surface area contributed by atoms with E-state index in [0.29, 0.717) is 12.1 Å². The van der Waals surface area contributed by atoms with E-state index in [9.17, 15) is 14.4 Å². The van der Waals surface area contributed by atoms with Gasteiger partial charge < -0.3 is 14.4 Å². The normalized spacial score (nSPS) is 20.1. The predicted octanol–water partition coefficient (Wildman–Crippen LogP) is 3.24. The van der Waals surface area contributed by atoms with Crippen LogP contribution in [-0.4, -0.2) is 57.6 Å². The molecule has 2 saturated heterocycles. The second-order valence-electron chi connectivity index (χ2n) is 8.30. The highest BCUT2D eigenvalue weighted by atomic mass is 16.2. The Kier molecular flexibility index (Phi) is 5.69. The first-order chi connectivity index (χ1) is 14.1. The van der Waals surface area contributed by atoms with Crippen LogP contribution in [0.3, 0.4) is 0 Å². The lowest BCUT2D eigenvalue weighted by atomic mass is 10.0. The molecule has 0 radical (unpaired) electrons. The van der Waals surface area contributed by atoms with Gasteiger partial charge in [0.15, 0.2) is 0 Å². The third-order valence-corrected chi connectivity index (χ3v) is 6.31. The van der Waals surface area contributed by atoms with E-state index in [1.807, 2.05) is 40.7 Å². The molecular weight excluding hydrogens is 366 g/mol. The summed E-state index contributed by atoms with van der Waals surface area (Å²) < 4.78 is 1.83. The molecule has 0 N–H and O–H groups in total. The topological polar surface area (TPSA) is 62.6 Å². The Morgan fingerprint density at radius 1 is 0.966 bits per heavy atom. The summed E-state index contributed by atoms with van der Waals surface area (Å²) in [4.78, 5) is 42.4. The van der Waals surface area contributed by atoms with Crippen molar-refractivity contribution in [1.29, 1.82) is 0 Å². The van der Waals surface area contributed by atoms with Crippen LogP contribution in [0.5, 0.6) is 0 Å². The molecule has 2 fully saturated rings. The number of ketones is 1. The van der Waals surface area contributed by atoms with Gasteiger partial charge in [0.2, 0.25) is 5.91 Å². The highest BCUT2D eigenvalue weighted by Gasteiger charge is 2.31. The van der Waals surface area contributed by atoms with E-state index >= 15 is 0 Å². The lowest BCUT2D eigenvalue weighted by Crippen LogP contribution is -2.45. The Morgan fingerprint density at radius 2 is 1.69 bits per heavy atom. The van der Waals surface area contributed by atoms with Crippen LogP contribution in [-0.2, 0) is 16.1 Å². The molecule has 2 aliphatic heterocycles. The smallest absolute Gasteiger partial charge is 0.295 e. The summed E-state index contributed by atoms with van der Waals surface area (Å²) in [6, 6.07) is 7.62. The number of nitrogens with zero attached hydrogens (tertiary/aromatic N) is 3. The standard InChI is InChI=1S/C23H29N3O3/c1-17-9-5-8-14-26(17)23(29)22(28)19-15-25(20-11-4-3-10-18(19)20)16-21(27)24-12-6-2-7-13-24/h3-4,10-11,15,17H,2,5-9,12-14,16H2,1H3/t17-/m1/s1. The average molecular weight is 396 g/mol. The maximum absolute atomic E-state index is 13.1. The monoisotopic (exact) mass is 395 g/mol. The summed E-state index contributed by atoms with van der Waals surface area (Å²) in [5.41, 5.74) is 1.22. The summed E-state index contributed by atoms with van der Waals surface area (Å²) in [5, 5.41) is 0.738. The highest BCUT2D eigenvalue weighted by Crippen LogP contribution is 2.24. The first-order valence-electron chi connectivity index (χ1n) is 10.8. The molecule has 1 aromatic carbocycles. The number of para-hydroxylation sites is 1. The van der Waals surface area contributed by atoms with Crippen molar-refractivity contribution in [1.82, 2.24) is 14.4 Å². The van der Waals surface area contributed by atoms with Crippen molar-refractivity contribution in [3.63, 3.8) is 0 Å². The molecule has 29 heavy (non-hydrogen) atoms. The van der Waals surface area contributed by atoms with Gasteiger partial charge in [-0.1, -0.05) is 18.2 Å². The summed E-state index contributed by atoms with van der Waals surface area (Å²) in [6.45, 7) is 4.44. The van der Waals surface area contributed by atoms with E-state index in [4.69, 9.17) is 0 Å². The van der Waals surface area contributed by atoms with Crippen molar-refractivity contribution in [3.05, 3.63) is 36.0 Å². The fraction of sp³-hybridized carbons (Fsp3) is 0.522. The van der Waals surface area contributed by atoms with Crippen LogP contribution in [0, 0.1) is 0 Å². The van der Waals surface area contributed by atoms with Crippen LogP contribution in [0.2, 0.25) is 0 Å². The molecule has 1 aromatic heterocycles. The van der Waals surface area contributed by atoms with Crippen molar-refractivity contribution in [2.24, 2.45) is 0 Å². The number of fused-ring (bicyclic) bond motifs is 1. The van der Waals surface area contributed by atoms with Gasteiger partial charge in [0.1, 0.15) is 6.54 Å². The van der Waals surface area contributed by atoms with Crippen LogP contribution < -0.4 is 0 Å². The average Bonchev–Trinajstić information content (AvgIpc) is 3.12. The Bertz CT molecular complexity index is 927. The molecule has 0 unspecified atom stereocenters. The zero-order valence-electron chi connectivity index (χ0n) is 17.1. The molecule has 6 nitrogen and oxygen atoms in total. The van der Waals surface area contributed by atoms with Crippen molar-refractivity contribution in [2.75, 3.05) is 19.6 Å². The Hall–Kier alpha value is -2.63. The molecule has 4 rings (SSSR count). The van der Waals surface area contributed by atoms with Gasteiger partial charge in [-0.3, -0.25) is 14.4 Å². The number of Topliss-reactive ketones (excluding diaryl/α,β-unsaturated/α-hetero) is 1. The molecule has 2 amide bonds. The molecule has 154 valence electrons. The quantitative estimate of drug-likeness (QED) is 0.590. The molecule has 3 heterocycles. The van der Waals surface area contributed by atoms with Crippen LogP contribution in [0.1, 0.15) is 55.8 Å². The van der Waals surface area contributed by atoms with E-state index in [-0.39, 0.29) is 18.5 Å². The Labute approximate surface area is 171 Å². The van der Waals surface area contributed by atoms with Gasteiger partial charge in [0.05, 0.1) is 5.56 Å². The van der Waals surface area contributed by atoms with Crippen LogP contribution in [0.15, 0.2) is 30.5 Å². The largest absolute Gasteiger partial charge is 0.341 e. The number of hydrogen-bond acceptors (Lipinski definition) is 3. The van der Waals surface area contributed by atoms with Crippen molar-refractivity contribution in [2.45, 2.75) is 58.0 Å². The molecular formula is C23H29N3O3. The van der Waals surface area contributed by atoms with E-state index in [2.05, 4.69) is 0 Å². The molecule has 6 heteroatoms. The molecule has 0 spiro atoms. The van der Waals surface area contributed by atoms with E-state index < -0.39 is 11.7 Å². The van der Waals surface area contributed by atoms with Gasteiger partial charge in [0.25, 0.3) is 11.7 Å². The van der Waals surface area contributed by atoms with Crippen LogP contribution >= 0.6 is 0 Å². The van der Waals surface area contributed by atoms with E-state index in [0.717, 1.165) is 56.1 Å². The lowest BCUT2D eigenvalue weighted by Gasteiger charge is -2.32. The summed E-state index contributed by atoms with van der Waals surface area (Å²) in [6.07, 6.45) is 7.93. The van der Waals surface area contributed by atoms with Crippen LogP contribution in [0.25, 0.3) is 10.9 Å². The number of likely N-dealkylation sites (tertiary alicyclic amines) is 2. The number of amides is 2. The number of benzene rings is 1. The number of carbonyl (C=O) groups excluding carboxylic acids is 3. The summed E-state index contributed by atoms with van der Waals surface area (Å²) in [7, 11) is 0. The molecule has 0 bridgehead atoms. The summed E-state index contributed by atoms with van der Waals surface area (Å²) >= 11 is 0. The number of piperidine rings is 2. The van der Waals surface area contributed by atoms with Crippen molar-refractivity contribution in [3.8, 4) is 0 Å². The molecule has 2 aliphatic rings. The molecule has 0 aliphatic carbocycles. The SMILES string of the molecule is C[C@@H]1CCCCN1C(=O)C(=O)c1cn(CC(=O)N2CCCCC2)c2ccccc12. The minimum Gasteiger partial charge on any atom is -0.341 e. The second kappa shape index (κ2) is 8.39. The zero-order valence-corrected chi connectivity index (χ0v) is 17.1. The molecule has 0 saturated carbocycles. The van der Waals surface area contributed by atoms with E-state index in [1.165, 1.54) is 6.42 Å². The second-order valence-corrected chi connectivity index (χ2v) is 8.30. The minimum absolute atomic E-state index is 0.0698. The maximum Gasteiger partial charge on any atom is 0.295 e. The minimum atomic E-state index is -0.473. The van der Waals surface area contributed by atoms with Crippen molar-refractivity contribution < 1.29 is 14.4 Å². The van der Waals surface area contributed by atoms with Gasteiger partial charge in [-0.15, -0.1) is 0 Å². The fourth-order valence-electron chi connectivity index (χ4n) is 4.59. The predicted molar refractivity (Wildman–Crippen MR) is 112 cm³/mol. The first-order valence-corrected chi connectivity index (χ1v) is 10.8. The van der Waals surface area contributed by atoms with Gasteiger partial charge in [-0.05, 0) is 51.5 Å².